The number of ether oxygens (including phenoxy) is 2. The van der Waals surface area contributed by atoms with E-state index in [-0.39, 0.29) is 43.2 Å². The molecular weight excluding hydrogens is 437 g/mol. The Morgan fingerprint density at radius 1 is 1.09 bits per heavy atom. The number of hydrogen-bond donors (Lipinski definition) is 0. The fourth-order valence-corrected chi connectivity index (χ4v) is 5.25. The van der Waals surface area contributed by atoms with Crippen LogP contribution in [-0.4, -0.2) is 53.6 Å². The summed E-state index contributed by atoms with van der Waals surface area (Å²) in [4.78, 5) is 29.5. The molecule has 3 aliphatic heterocycles. The first-order valence-electron chi connectivity index (χ1n) is 10.9. The average molecular weight is 460 g/mol. The van der Waals surface area contributed by atoms with Gasteiger partial charge in [0.15, 0.2) is 5.60 Å². The highest BCUT2D eigenvalue weighted by atomic mass is 19.1. The Balaban J connectivity index is 1.33. The molecule has 6 nitrogen and oxygen atoms in total. The smallest absolute Gasteiger partial charge is 0.260 e. The summed E-state index contributed by atoms with van der Waals surface area (Å²) in [6.07, 6.45) is 1.15. The van der Waals surface area contributed by atoms with Crippen LogP contribution in [0.5, 0.6) is 5.75 Å². The summed E-state index contributed by atoms with van der Waals surface area (Å²) >= 11 is 0. The molecule has 0 aromatic heterocycles. The maximum absolute atomic E-state index is 14.3. The number of rotatable bonds is 3. The van der Waals surface area contributed by atoms with Crippen LogP contribution in [0, 0.1) is 17.5 Å². The van der Waals surface area contributed by atoms with Crippen LogP contribution in [0.4, 0.5) is 13.2 Å². The molecule has 0 aliphatic carbocycles. The molecule has 9 heteroatoms. The second-order valence-corrected chi connectivity index (χ2v) is 8.68. The molecular formula is C24H23F3N2O4. The van der Waals surface area contributed by atoms with Gasteiger partial charge >= 0.3 is 0 Å². The molecule has 1 spiro atoms. The van der Waals surface area contributed by atoms with Gasteiger partial charge in [-0.1, -0.05) is 6.07 Å². The Morgan fingerprint density at radius 2 is 1.79 bits per heavy atom. The van der Waals surface area contributed by atoms with Crippen LogP contribution < -0.4 is 4.74 Å². The van der Waals surface area contributed by atoms with Crippen LogP contribution >= 0.6 is 0 Å². The molecule has 0 bridgehead atoms. The van der Waals surface area contributed by atoms with E-state index < -0.39 is 41.2 Å². The predicted molar refractivity (Wildman–Crippen MR) is 111 cm³/mol. The fourth-order valence-electron chi connectivity index (χ4n) is 5.25. The van der Waals surface area contributed by atoms with Crippen molar-refractivity contribution in [3.05, 3.63) is 65.0 Å². The molecule has 3 fully saturated rings. The number of fused-ring (bicyclic) bond motifs is 1. The number of carbonyl (C=O) groups is 2. The molecule has 3 saturated heterocycles. The van der Waals surface area contributed by atoms with E-state index >= 15 is 0 Å². The maximum atomic E-state index is 14.3. The third-order valence-corrected chi connectivity index (χ3v) is 6.86. The molecule has 2 atom stereocenters. The lowest BCUT2D eigenvalue weighted by Gasteiger charge is -2.37. The largest absolute Gasteiger partial charge is 0.496 e. The Kier molecular flexibility index (Phi) is 5.31. The van der Waals surface area contributed by atoms with Crippen LogP contribution in [-0.2, 0) is 9.53 Å². The molecule has 0 unspecified atom stereocenters. The molecule has 0 N–H and O–H groups in total. The van der Waals surface area contributed by atoms with Crippen molar-refractivity contribution >= 4 is 11.8 Å². The maximum Gasteiger partial charge on any atom is 0.260 e. The normalized spacial score (nSPS) is 23.8. The number of piperidine rings is 1. The molecule has 174 valence electrons. The van der Waals surface area contributed by atoms with Crippen molar-refractivity contribution in [3.8, 4) is 5.75 Å². The van der Waals surface area contributed by atoms with E-state index in [0.29, 0.717) is 18.4 Å². The van der Waals surface area contributed by atoms with Gasteiger partial charge in [0.2, 0.25) is 0 Å². The highest BCUT2D eigenvalue weighted by molar-refractivity contribution is 5.97. The summed E-state index contributed by atoms with van der Waals surface area (Å²) in [7, 11) is 1.37. The number of halogens is 3. The van der Waals surface area contributed by atoms with E-state index in [0.717, 1.165) is 6.07 Å². The average Bonchev–Trinajstić information content (AvgIpc) is 3.31. The lowest BCUT2D eigenvalue weighted by atomic mass is 9.89. The topological polar surface area (TPSA) is 59.1 Å². The monoisotopic (exact) mass is 460 g/mol. The van der Waals surface area contributed by atoms with Crippen molar-refractivity contribution in [1.29, 1.82) is 0 Å². The summed E-state index contributed by atoms with van der Waals surface area (Å²) < 4.78 is 53.2. The zero-order valence-corrected chi connectivity index (χ0v) is 18.0. The first-order valence-corrected chi connectivity index (χ1v) is 10.9. The minimum atomic E-state index is -1.09. The first-order chi connectivity index (χ1) is 15.8. The summed E-state index contributed by atoms with van der Waals surface area (Å²) in [6.45, 7) is 0.420. The van der Waals surface area contributed by atoms with Crippen LogP contribution in [0.1, 0.15) is 47.6 Å². The minimum absolute atomic E-state index is 0.136. The molecule has 5 rings (SSSR count). The number of carbonyl (C=O) groups excluding carboxylic acids is 2. The van der Waals surface area contributed by atoms with E-state index in [2.05, 4.69) is 0 Å². The van der Waals surface area contributed by atoms with Gasteiger partial charge in [0.25, 0.3) is 11.8 Å². The Labute approximate surface area is 188 Å². The number of hydrogen-bond acceptors (Lipinski definition) is 4. The van der Waals surface area contributed by atoms with Crippen LogP contribution in [0.25, 0.3) is 0 Å². The lowest BCUT2D eigenvalue weighted by molar-refractivity contribution is -0.142. The molecule has 0 saturated carbocycles. The van der Waals surface area contributed by atoms with E-state index in [4.69, 9.17) is 9.47 Å². The first kappa shape index (κ1) is 21.8. The van der Waals surface area contributed by atoms with Gasteiger partial charge in [-0.15, -0.1) is 0 Å². The standard InChI is InChI=1S/C24H23F3N2O4/c1-32-19-4-2-3-17(27)21(19)22(30)28-9-7-24(8-10-28)23(31)29-18(5-6-20(29)33-24)14-11-15(25)13-16(26)12-14/h2-4,11-13,18,20H,5-10H2,1H3/t18-,20+/m0/s1. The molecule has 2 aromatic carbocycles. The zero-order chi connectivity index (χ0) is 23.3. The van der Waals surface area contributed by atoms with E-state index in [1.807, 2.05) is 0 Å². The Bertz CT molecular complexity index is 1100. The predicted octanol–water partition coefficient (Wildman–Crippen LogP) is 3.81. The second-order valence-electron chi connectivity index (χ2n) is 8.68. The van der Waals surface area contributed by atoms with Gasteiger partial charge in [-0.3, -0.25) is 9.59 Å². The quantitative estimate of drug-likeness (QED) is 0.699. The molecule has 0 radical (unpaired) electrons. The van der Waals surface area contributed by atoms with E-state index in [1.54, 1.807) is 4.90 Å². The number of likely N-dealkylation sites (tertiary alicyclic amines) is 1. The summed E-state index contributed by atoms with van der Waals surface area (Å²) in [5.41, 5.74) is -0.822. The summed E-state index contributed by atoms with van der Waals surface area (Å²) in [6, 6.07) is 7.03. The van der Waals surface area contributed by atoms with Crippen molar-refractivity contribution in [2.24, 2.45) is 0 Å². The van der Waals surface area contributed by atoms with Crippen molar-refractivity contribution < 1.29 is 32.2 Å². The van der Waals surface area contributed by atoms with Gasteiger partial charge in [0, 0.05) is 32.0 Å². The highest BCUT2D eigenvalue weighted by Gasteiger charge is 2.58. The van der Waals surface area contributed by atoms with Crippen molar-refractivity contribution in [2.45, 2.75) is 43.6 Å². The van der Waals surface area contributed by atoms with Crippen molar-refractivity contribution in [1.82, 2.24) is 9.80 Å². The lowest BCUT2D eigenvalue weighted by Crippen LogP contribution is -2.51. The third kappa shape index (κ3) is 3.55. The summed E-state index contributed by atoms with van der Waals surface area (Å²) in [5, 5.41) is 0. The number of benzene rings is 2. The molecule has 2 amide bonds. The highest BCUT2D eigenvalue weighted by Crippen LogP contribution is 2.48. The van der Waals surface area contributed by atoms with Crippen molar-refractivity contribution in [2.75, 3.05) is 20.2 Å². The zero-order valence-electron chi connectivity index (χ0n) is 18.0. The van der Waals surface area contributed by atoms with Crippen LogP contribution in [0.2, 0.25) is 0 Å². The minimum Gasteiger partial charge on any atom is -0.496 e. The number of nitrogens with zero attached hydrogens (tertiary/aromatic N) is 2. The molecule has 3 aliphatic rings. The Morgan fingerprint density at radius 3 is 2.45 bits per heavy atom. The number of methoxy groups -OCH3 is 1. The molecule has 2 aromatic rings. The fraction of sp³-hybridized carbons (Fsp3) is 0.417. The summed E-state index contributed by atoms with van der Waals surface area (Å²) in [5.74, 6) is -2.62. The molecule has 3 heterocycles. The van der Waals surface area contributed by atoms with Gasteiger partial charge in [-0.05, 0) is 42.7 Å². The van der Waals surface area contributed by atoms with Crippen molar-refractivity contribution in [3.63, 3.8) is 0 Å². The van der Waals surface area contributed by atoms with Gasteiger partial charge in [0.05, 0.1) is 13.2 Å². The van der Waals surface area contributed by atoms with Gasteiger partial charge in [-0.2, -0.15) is 0 Å². The van der Waals surface area contributed by atoms with Gasteiger partial charge in [-0.25, -0.2) is 13.2 Å². The molecule has 33 heavy (non-hydrogen) atoms. The van der Waals surface area contributed by atoms with Gasteiger partial charge in [0.1, 0.15) is 35.0 Å². The number of amides is 2. The van der Waals surface area contributed by atoms with Crippen LogP contribution in [0.3, 0.4) is 0 Å². The third-order valence-electron chi connectivity index (χ3n) is 6.86. The Hall–Kier alpha value is -3.07. The van der Waals surface area contributed by atoms with E-state index in [1.165, 1.54) is 42.3 Å². The van der Waals surface area contributed by atoms with Crippen LogP contribution in [0.15, 0.2) is 36.4 Å². The van der Waals surface area contributed by atoms with Gasteiger partial charge < -0.3 is 19.3 Å². The second kappa shape index (κ2) is 8.06. The SMILES string of the molecule is COc1cccc(F)c1C(=O)N1CCC2(CC1)O[C@@H]1CC[C@@H](c3cc(F)cc(F)c3)N1C2=O. The van der Waals surface area contributed by atoms with E-state index in [9.17, 15) is 22.8 Å².